The molecule has 172 valence electrons. The fraction of sp³-hybridized carbons (Fsp3) is 0.462. The second-order valence-electron chi connectivity index (χ2n) is 8.66. The molecule has 1 saturated heterocycles. The van der Waals surface area contributed by atoms with E-state index in [-0.39, 0.29) is 11.8 Å². The molecular formula is C26H35N3O3. The summed E-state index contributed by atoms with van der Waals surface area (Å²) < 4.78 is 5.51. The van der Waals surface area contributed by atoms with Gasteiger partial charge in [0.15, 0.2) is 0 Å². The maximum absolute atomic E-state index is 12.4. The van der Waals surface area contributed by atoms with E-state index < -0.39 is 0 Å². The number of carbonyl (C=O) groups excluding carboxylic acids is 2. The number of nitrogens with one attached hydrogen (secondary N) is 1. The molecule has 0 radical (unpaired) electrons. The van der Waals surface area contributed by atoms with Gasteiger partial charge in [0.1, 0.15) is 5.75 Å². The topological polar surface area (TPSA) is 61.9 Å². The van der Waals surface area contributed by atoms with Crippen LogP contribution >= 0.6 is 0 Å². The zero-order valence-corrected chi connectivity index (χ0v) is 19.5. The molecule has 1 aliphatic heterocycles. The smallest absolute Gasteiger partial charge is 0.253 e. The van der Waals surface area contributed by atoms with Gasteiger partial charge in [0.25, 0.3) is 5.91 Å². The highest BCUT2D eigenvalue weighted by Crippen LogP contribution is 2.23. The number of ether oxygens (including phenoxy) is 1. The minimum atomic E-state index is -0.0479. The molecule has 3 rings (SSSR count). The van der Waals surface area contributed by atoms with E-state index in [0.717, 1.165) is 43.8 Å². The number of aryl methyl sites for hydroxylation is 1. The molecule has 6 nitrogen and oxygen atoms in total. The maximum Gasteiger partial charge on any atom is 0.253 e. The van der Waals surface area contributed by atoms with Crippen LogP contribution in [-0.4, -0.2) is 62.0 Å². The number of piperidine rings is 1. The Hall–Kier alpha value is -2.86. The van der Waals surface area contributed by atoms with E-state index in [9.17, 15) is 9.59 Å². The summed E-state index contributed by atoms with van der Waals surface area (Å²) >= 11 is 0. The molecule has 0 aliphatic carbocycles. The third-order valence-electron chi connectivity index (χ3n) is 5.97. The van der Waals surface area contributed by atoms with E-state index in [0.29, 0.717) is 24.6 Å². The quantitative estimate of drug-likeness (QED) is 0.642. The third-order valence-corrected chi connectivity index (χ3v) is 5.97. The van der Waals surface area contributed by atoms with Gasteiger partial charge in [-0.2, -0.15) is 0 Å². The number of hydrogen-bond acceptors (Lipinski definition) is 4. The van der Waals surface area contributed by atoms with Crippen LogP contribution in [0.5, 0.6) is 5.75 Å². The number of carbonyl (C=O) groups is 2. The molecule has 1 aliphatic rings. The highest BCUT2D eigenvalue weighted by molar-refractivity contribution is 5.96. The number of hydrogen-bond donors (Lipinski definition) is 1. The van der Waals surface area contributed by atoms with Crippen molar-refractivity contribution in [2.24, 2.45) is 5.92 Å². The van der Waals surface area contributed by atoms with E-state index >= 15 is 0 Å². The first-order chi connectivity index (χ1) is 15.4. The van der Waals surface area contributed by atoms with Crippen LogP contribution in [0.15, 0.2) is 48.5 Å². The summed E-state index contributed by atoms with van der Waals surface area (Å²) in [6, 6.07) is 15.5. The summed E-state index contributed by atoms with van der Waals surface area (Å²) in [6.07, 6.45) is 4.53. The molecule has 0 spiro atoms. The van der Waals surface area contributed by atoms with Crippen molar-refractivity contribution in [1.82, 2.24) is 9.80 Å². The van der Waals surface area contributed by atoms with Crippen LogP contribution in [0.2, 0.25) is 0 Å². The van der Waals surface area contributed by atoms with Gasteiger partial charge in [-0.1, -0.05) is 12.1 Å². The Kier molecular flexibility index (Phi) is 8.68. The van der Waals surface area contributed by atoms with Crippen LogP contribution in [0.1, 0.15) is 42.1 Å². The van der Waals surface area contributed by atoms with Crippen molar-refractivity contribution >= 4 is 17.5 Å². The van der Waals surface area contributed by atoms with Gasteiger partial charge in [0.2, 0.25) is 5.91 Å². The van der Waals surface area contributed by atoms with Crippen molar-refractivity contribution in [3.8, 4) is 5.75 Å². The fourth-order valence-corrected chi connectivity index (χ4v) is 4.08. The minimum absolute atomic E-state index is 0.00970. The standard InChI is InChI=1S/C26H35N3O3/c1-4-32-24-13-7-20(8-14-24)5-6-21-15-17-29(18-16-21)19-25(30)27-23-11-9-22(10-12-23)26(31)28(2)3/h7-14,21H,4-6,15-19H2,1-3H3,(H,27,30). The van der Waals surface area contributed by atoms with Crippen molar-refractivity contribution in [3.05, 3.63) is 59.7 Å². The van der Waals surface area contributed by atoms with Crippen molar-refractivity contribution in [3.63, 3.8) is 0 Å². The molecule has 0 atom stereocenters. The molecule has 32 heavy (non-hydrogen) atoms. The first kappa shape index (κ1) is 23.8. The van der Waals surface area contributed by atoms with Crippen LogP contribution < -0.4 is 10.1 Å². The van der Waals surface area contributed by atoms with Crippen LogP contribution in [0.25, 0.3) is 0 Å². The average molecular weight is 438 g/mol. The lowest BCUT2D eigenvalue weighted by molar-refractivity contribution is -0.117. The molecule has 2 amide bonds. The van der Waals surface area contributed by atoms with Gasteiger partial charge in [-0.15, -0.1) is 0 Å². The number of anilines is 1. The molecule has 2 aromatic carbocycles. The molecule has 0 saturated carbocycles. The van der Waals surface area contributed by atoms with Gasteiger partial charge in [-0.05, 0) is 93.6 Å². The summed E-state index contributed by atoms with van der Waals surface area (Å²) in [7, 11) is 3.45. The summed E-state index contributed by atoms with van der Waals surface area (Å²) in [4.78, 5) is 28.2. The number of rotatable bonds is 9. The SMILES string of the molecule is CCOc1ccc(CCC2CCN(CC(=O)Nc3ccc(C(=O)N(C)C)cc3)CC2)cc1. The molecule has 6 heteroatoms. The Morgan fingerprint density at radius 1 is 1.03 bits per heavy atom. The van der Waals surface area contributed by atoms with Crippen LogP contribution in [-0.2, 0) is 11.2 Å². The van der Waals surface area contributed by atoms with E-state index in [1.54, 1.807) is 38.4 Å². The van der Waals surface area contributed by atoms with E-state index in [1.807, 2.05) is 19.1 Å². The van der Waals surface area contributed by atoms with Crippen molar-refractivity contribution < 1.29 is 14.3 Å². The highest BCUT2D eigenvalue weighted by atomic mass is 16.5. The molecule has 1 heterocycles. The monoisotopic (exact) mass is 437 g/mol. The lowest BCUT2D eigenvalue weighted by atomic mass is 9.90. The predicted molar refractivity (Wildman–Crippen MR) is 128 cm³/mol. The van der Waals surface area contributed by atoms with Gasteiger partial charge >= 0.3 is 0 Å². The van der Waals surface area contributed by atoms with Crippen molar-refractivity contribution in [1.29, 1.82) is 0 Å². The first-order valence-corrected chi connectivity index (χ1v) is 11.5. The zero-order valence-electron chi connectivity index (χ0n) is 19.5. The molecule has 1 fully saturated rings. The molecule has 0 aromatic heterocycles. The van der Waals surface area contributed by atoms with E-state index in [4.69, 9.17) is 4.74 Å². The van der Waals surface area contributed by atoms with E-state index in [1.165, 1.54) is 16.9 Å². The predicted octanol–water partition coefficient (Wildman–Crippen LogP) is 4.07. The maximum atomic E-state index is 12.4. The lowest BCUT2D eigenvalue weighted by Crippen LogP contribution is -2.39. The second-order valence-corrected chi connectivity index (χ2v) is 8.66. The summed E-state index contributed by atoms with van der Waals surface area (Å²) in [5, 5.41) is 2.94. The van der Waals surface area contributed by atoms with Gasteiger partial charge in [0.05, 0.1) is 13.2 Å². The molecule has 0 unspecified atom stereocenters. The number of amides is 2. The molecular weight excluding hydrogens is 402 g/mol. The molecule has 2 aromatic rings. The summed E-state index contributed by atoms with van der Waals surface area (Å²) in [5.74, 6) is 1.58. The van der Waals surface area contributed by atoms with Crippen LogP contribution in [0.4, 0.5) is 5.69 Å². The Morgan fingerprint density at radius 2 is 1.69 bits per heavy atom. The number of benzene rings is 2. The first-order valence-electron chi connectivity index (χ1n) is 11.5. The van der Waals surface area contributed by atoms with E-state index in [2.05, 4.69) is 22.3 Å². The van der Waals surface area contributed by atoms with Gasteiger partial charge in [-0.25, -0.2) is 0 Å². The van der Waals surface area contributed by atoms with Gasteiger partial charge in [-0.3, -0.25) is 14.5 Å². The molecule has 0 bridgehead atoms. The number of nitrogens with zero attached hydrogens (tertiary/aromatic N) is 2. The fourth-order valence-electron chi connectivity index (χ4n) is 4.08. The van der Waals surface area contributed by atoms with Crippen molar-refractivity contribution in [2.45, 2.75) is 32.6 Å². The lowest BCUT2D eigenvalue weighted by Gasteiger charge is -2.31. The zero-order chi connectivity index (χ0) is 22.9. The second kappa shape index (κ2) is 11.7. The largest absolute Gasteiger partial charge is 0.494 e. The Morgan fingerprint density at radius 3 is 2.28 bits per heavy atom. The Balaban J connectivity index is 1.37. The van der Waals surface area contributed by atoms with Crippen LogP contribution in [0.3, 0.4) is 0 Å². The van der Waals surface area contributed by atoms with Crippen molar-refractivity contribution in [2.75, 3.05) is 45.7 Å². The highest BCUT2D eigenvalue weighted by Gasteiger charge is 2.21. The Bertz CT molecular complexity index is 870. The minimum Gasteiger partial charge on any atom is -0.494 e. The average Bonchev–Trinajstić information content (AvgIpc) is 2.79. The third kappa shape index (κ3) is 7.09. The Labute approximate surface area is 191 Å². The summed E-state index contributed by atoms with van der Waals surface area (Å²) in [5.41, 5.74) is 2.68. The normalized spacial score (nSPS) is 14.7. The van der Waals surface area contributed by atoms with Gasteiger partial charge < -0.3 is 15.0 Å². The molecule has 1 N–H and O–H groups in total. The van der Waals surface area contributed by atoms with Gasteiger partial charge in [0, 0.05) is 25.3 Å². The number of likely N-dealkylation sites (tertiary alicyclic amines) is 1. The van der Waals surface area contributed by atoms with Crippen LogP contribution in [0, 0.1) is 5.92 Å². The summed E-state index contributed by atoms with van der Waals surface area (Å²) in [6.45, 7) is 5.01.